The quantitative estimate of drug-likeness (QED) is 0.377. The van der Waals surface area contributed by atoms with Gasteiger partial charge in [-0.2, -0.15) is 0 Å². The molecule has 0 unspecified atom stereocenters. The van der Waals surface area contributed by atoms with E-state index in [0.717, 1.165) is 34.4 Å². The molecule has 0 spiro atoms. The van der Waals surface area contributed by atoms with Gasteiger partial charge in [0.25, 0.3) is 9.40 Å². The number of hydrogen-bond acceptors (Lipinski definition) is 4. The maximum atomic E-state index is 10.6. The first-order valence-electron chi connectivity index (χ1n) is 8.72. The van der Waals surface area contributed by atoms with Gasteiger partial charge in [0.2, 0.25) is 11.3 Å². The molecule has 136 valence electrons. The number of nitrogens with zero attached hydrogens (tertiary/aromatic N) is 3. The molecule has 0 aliphatic carbocycles. The summed E-state index contributed by atoms with van der Waals surface area (Å²) in [4.78, 5) is 19.7. The summed E-state index contributed by atoms with van der Waals surface area (Å²) in [5.41, 5.74) is 4.32. The van der Waals surface area contributed by atoms with Gasteiger partial charge in [0.1, 0.15) is 11.0 Å². The van der Waals surface area contributed by atoms with E-state index in [0.29, 0.717) is 6.42 Å². The van der Waals surface area contributed by atoms with Gasteiger partial charge in [0.15, 0.2) is 0 Å². The van der Waals surface area contributed by atoms with E-state index in [-0.39, 0.29) is 6.42 Å². The number of carboxylic acid groups (broad SMARTS) is 1. The molecule has 0 amide bonds. The predicted octanol–water partition coefficient (Wildman–Crippen LogP) is 4.49. The minimum Gasteiger partial charge on any atom is -0.481 e. The Morgan fingerprint density at radius 3 is 2.23 bits per heavy atom. The van der Waals surface area contributed by atoms with Gasteiger partial charge in [-0.3, -0.25) is 4.79 Å². The molecule has 6 heteroatoms. The molecule has 0 aliphatic heterocycles. The molecule has 0 aliphatic rings. The van der Waals surface area contributed by atoms with Crippen LogP contribution in [0.5, 0.6) is 0 Å². The van der Waals surface area contributed by atoms with Crippen LogP contribution in [-0.2, 0) is 4.79 Å². The van der Waals surface area contributed by atoms with E-state index < -0.39 is 5.97 Å². The SMILES string of the molecule is CN(C)c1ccc2nc3ccc(N(C)CCCCC(=O)O)cc3[s+]c2c1. The van der Waals surface area contributed by atoms with Gasteiger partial charge in [-0.15, -0.1) is 0 Å². The lowest BCUT2D eigenvalue weighted by atomic mass is 10.2. The van der Waals surface area contributed by atoms with Gasteiger partial charge in [0, 0.05) is 57.6 Å². The molecular weight excluding hydrogens is 346 g/mol. The first kappa shape index (κ1) is 18.3. The van der Waals surface area contributed by atoms with Crippen LogP contribution < -0.4 is 9.80 Å². The van der Waals surface area contributed by atoms with Crippen molar-refractivity contribution >= 4 is 49.1 Å². The number of hydrogen-bond donors (Lipinski definition) is 1. The lowest BCUT2D eigenvalue weighted by Crippen LogP contribution is -2.18. The van der Waals surface area contributed by atoms with Crippen molar-refractivity contribution in [2.24, 2.45) is 0 Å². The molecule has 0 radical (unpaired) electrons. The molecule has 1 aromatic heterocycles. The number of fused-ring (bicyclic) bond motifs is 2. The summed E-state index contributed by atoms with van der Waals surface area (Å²) in [7, 11) is 6.13. The third-order valence-corrected chi connectivity index (χ3v) is 5.53. The van der Waals surface area contributed by atoms with Crippen molar-refractivity contribution in [3.63, 3.8) is 0 Å². The van der Waals surface area contributed by atoms with Crippen molar-refractivity contribution in [3.8, 4) is 0 Å². The highest BCUT2D eigenvalue weighted by Gasteiger charge is 2.15. The van der Waals surface area contributed by atoms with E-state index in [1.807, 2.05) is 21.1 Å². The van der Waals surface area contributed by atoms with Crippen LogP contribution in [0.25, 0.3) is 20.4 Å². The molecule has 0 atom stereocenters. The normalized spacial score (nSPS) is 11.0. The van der Waals surface area contributed by atoms with Crippen molar-refractivity contribution < 1.29 is 9.90 Å². The van der Waals surface area contributed by atoms with Crippen LogP contribution in [0.4, 0.5) is 11.4 Å². The number of aliphatic carboxylic acids is 1. The zero-order valence-corrected chi connectivity index (χ0v) is 16.2. The first-order chi connectivity index (χ1) is 12.4. The topological polar surface area (TPSA) is 56.7 Å². The highest BCUT2D eigenvalue weighted by molar-refractivity contribution is 7.24. The van der Waals surface area contributed by atoms with Gasteiger partial charge in [0.05, 0.1) is 0 Å². The third kappa shape index (κ3) is 4.19. The van der Waals surface area contributed by atoms with Crippen LogP contribution in [0, 0.1) is 0 Å². The fourth-order valence-electron chi connectivity index (χ4n) is 2.87. The van der Waals surface area contributed by atoms with Gasteiger partial charge in [-0.25, -0.2) is 4.98 Å². The average Bonchev–Trinajstić information content (AvgIpc) is 2.62. The molecule has 3 aromatic rings. The Labute approximate surface area is 157 Å². The fraction of sp³-hybridized carbons (Fsp3) is 0.350. The Hall–Kier alpha value is -2.47. The number of carbonyl (C=O) groups is 1. The summed E-state index contributed by atoms with van der Waals surface area (Å²) in [6.07, 6.45) is 1.81. The van der Waals surface area contributed by atoms with Crippen molar-refractivity contribution in [1.82, 2.24) is 4.98 Å². The van der Waals surface area contributed by atoms with Crippen molar-refractivity contribution in [3.05, 3.63) is 36.4 Å². The number of unbranched alkanes of at least 4 members (excludes halogenated alkanes) is 1. The number of aromatic nitrogens is 1. The summed E-state index contributed by atoms with van der Waals surface area (Å²) in [6, 6.07) is 12.7. The van der Waals surface area contributed by atoms with Crippen LogP contribution in [-0.4, -0.2) is 43.7 Å². The molecular formula is C20H24N3O2S+. The van der Waals surface area contributed by atoms with Crippen LogP contribution in [0.2, 0.25) is 0 Å². The summed E-state index contributed by atoms with van der Waals surface area (Å²) >= 11 is 1.75. The number of anilines is 2. The molecule has 5 nitrogen and oxygen atoms in total. The van der Waals surface area contributed by atoms with E-state index in [9.17, 15) is 4.79 Å². The second-order valence-corrected chi connectivity index (χ2v) is 7.77. The zero-order valence-electron chi connectivity index (χ0n) is 15.4. The standard InChI is InChI=1S/C20H23N3O2S/c1-22(2)14-7-9-16-18(12-14)26-19-13-15(8-10-17(19)21-16)23(3)11-5-4-6-20(24)25/h7-10,12-13H,4-6,11H2,1-3H3/p+1. The number of carboxylic acids is 1. The Kier molecular flexibility index (Phi) is 5.52. The van der Waals surface area contributed by atoms with E-state index >= 15 is 0 Å². The molecule has 3 rings (SSSR count). The lowest BCUT2D eigenvalue weighted by molar-refractivity contribution is -0.137. The summed E-state index contributed by atoms with van der Waals surface area (Å²) in [5, 5.41) is 8.73. The molecule has 1 N–H and O–H groups in total. The number of rotatable bonds is 7. The Morgan fingerprint density at radius 1 is 1.00 bits per heavy atom. The van der Waals surface area contributed by atoms with E-state index in [2.05, 4.69) is 46.2 Å². The van der Waals surface area contributed by atoms with Crippen molar-refractivity contribution in [2.75, 3.05) is 37.5 Å². The van der Waals surface area contributed by atoms with Gasteiger partial charge in [-0.05, 0) is 37.1 Å². The summed E-state index contributed by atoms with van der Waals surface area (Å²) < 4.78 is 2.33. The summed E-state index contributed by atoms with van der Waals surface area (Å²) in [5.74, 6) is -0.727. The molecule has 0 fully saturated rings. The van der Waals surface area contributed by atoms with Crippen LogP contribution >= 0.6 is 11.3 Å². The smallest absolute Gasteiger partial charge is 0.303 e. The minimum atomic E-state index is -0.727. The fourth-order valence-corrected chi connectivity index (χ4v) is 3.90. The van der Waals surface area contributed by atoms with Crippen molar-refractivity contribution in [1.29, 1.82) is 0 Å². The molecule has 26 heavy (non-hydrogen) atoms. The van der Waals surface area contributed by atoms with Crippen LogP contribution in [0.1, 0.15) is 19.3 Å². The molecule has 1 heterocycles. The second-order valence-electron chi connectivity index (χ2n) is 6.68. The monoisotopic (exact) mass is 370 g/mol. The maximum absolute atomic E-state index is 10.6. The zero-order chi connectivity index (χ0) is 18.7. The molecule has 2 aromatic carbocycles. The molecule has 0 saturated carbocycles. The van der Waals surface area contributed by atoms with Gasteiger partial charge < -0.3 is 14.9 Å². The Morgan fingerprint density at radius 2 is 1.62 bits per heavy atom. The van der Waals surface area contributed by atoms with E-state index in [1.165, 1.54) is 10.4 Å². The predicted molar refractivity (Wildman–Crippen MR) is 111 cm³/mol. The average molecular weight is 370 g/mol. The van der Waals surface area contributed by atoms with Gasteiger partial charge >= 0.3 is 5.97 Å². The lowest BCUT2D eigenvalue weighted by Gasteiger charge is -2.18. The number of benzene rings is 2. The summed E-state index contributed by atoms with van der Waals surface area (Å²) in [6.45, 7) is 0.843. The van der Waals surface area contributed by atoms with Gasteiger partial charge in [-0.1, -0.05) is 0 Å². The largest absolute Gasteiger partial charge is 0.481 e. The first-order valence-corrected chi connectivity index (χ1v) is 9.53. The highest BCUT2D eigenvalue weighted by atomic mass is 32.1. The van der Waals surface area contributed by atoms with Crippen molar-refractivity contribution in [2.45, 2.75) is 19.3 Å². The third-order valence-electron chi connectivity index (χ3n) is 4.44. The van der Waals surface area contributed by atoms with E-state index in [4.69, 9.17) is 10.1 Å². The highest BCUT2D eigenvalue weighted by Crippen LogP contribution is 2.31. The Bertz CT molecular complexity index is 943. The maximum Gasteiger partial charge on any atom is 0.303 e. The Balaban J connectivity index is 1.84. The minimum absolute atomic E-state index is 0.234. The van der Waals surface area contributed by atoms with E-state index in [1.54, 1.807) is 11.3 Å². The van der Waals surface area contributed by atoms with Crippen LogP contribution in [0.15, 0.2) is 36.4 Å². The molecule has 0 saturated heterocycles. The molecule has 0 bridgehead atoms. The van der Waals surface area contributed by atoms with Crippen LogP contribution in [0.3, 0.4) is 0 Å². The second kappa shape index (κ2) is 7.83.